The van der Waals surface area contributed by atoms with Crippen LogP contribution in [-0.4, -0.2) is 27.9 Å². The van der Waals surface area contributed by atoms with Gasteiger partial charge in [-0.05, 0) is 24.6 Å². The van der Waals surface area contributed by atoms with Crippen LogP contribution in [-0.2, 0) is 6.54 Å². The van der Waals surface area contributed by atoms with E-state index >= 15 is 0 Å². The van der Waals surface area contributed by atoms with Crippen molar-refractivity contribution in [1.29, 1.82) is 0 Å². The summed E-state index contributed by atoms with van der Waals surface area (Å²) >= 11 is 1.45. The molecular weight excluding hydrogens is 300 g/mol. The van der Waals surface area contributed by atoms with Crippen LogP contribution in [0.4, 0.5) is 0 Å². The first kappa shape index (κ1) is 14.7. The number of aromatic nitrogens is 2. The number of hydrogen-bond donors (Lipinski definition) is 1. The van der Waals surface area contributed by atoms with Crippen LogP contribution in [0.3, 0.4) is 0 Å². The fourth-order valence-corrected chi connectivity index (χ4v) is 3.25. The molecule has 1 N–H and O–H groups in total. The Morgan fingerprint density at radius 3 is 2.77 bits per heavy atom. The SMILES string of the molecule is CCOc1ccc(-c2csc3ncn(CCO)c(=O)c23)cc1. The molecule has 22 heavy (non-hydrogen) atoms. The molecule has 0 fully saturated rings. The molecule has 3 rings (SSSR count). The van der Waals surface area contributed by atoms with E-state index in [1.165, 1.54) is 22.2 Å². The topological polar surface area (TPSA) is 64.3 Å². The first-order valence-corrected chi connectivity index (χ1v) is 7.93. The summed E-state index contributed by atoms with van der Waals surface area (Å²) in [5.41, 5.74) is 1.70. The van der Waals surface area contributed by atoms with E-state index in [-0.39, 0.29) is 18.7 Å². The van der Waals surface area contributed by atoms with Crippen LogP contribution in [0.15, 0.2) is 40.8 Å². The predicted molar refractivity (Wildman–Crippen MR) is 87.6 cm³/mol. The zero-order valence-corrected chi connectivity index (χ0v) is 13.0. The van der Waals surface area contributed by atoms with Gasteiger partial charge in [-0.1, -0.05) is 12.1 Å². The number of ether oxygens (including phenoxy) is 1. The monoisotopic (exact) mass is 316 g/mol. The Kier molecular flexibility index (Phi) is 4.22. The molecule has 0 saturated carbocycles. The van der Waals surface area contributed by atoms with Gasteiger partial charge in [0, 0.05) is 10.9 Å². The van der Waals surface area contributed by atoms with Gasteiger partial charge >= 0.3 is 0 Å². The Hall–Kier alpha value is -2.18. The second kappa shape index (κ2) is 6.29. The first-order chi connectivity index (χ1) is 10.7. The molecule has 2 heterocycles. The highest BCUT2D eigenvalue weighted by atomic mass is 32.1. The van der Waals surface area contributed by atoms with Gasteiger partial charge in [0.25, 0.3) is 5.56 Å². The van der Waals surface area contributed by atoms with Gasteiger partial charge in [0.15, 0.2) is 0 Å². The number of aliphatic hydroxyl groups excluding tert-OH is 1. The summed E-state index contributed by atoms with van der Waals surface area (Å²) in [5, 5.41) is 11.6. The Balaban J connectivity index is 2.10. The number of aliphatic hydroxyl groups is 1. The van der Waals surface area contributed by atoms with Crippen LogP contribution in [0.25, 0.3) is 21.3 Å². The summed E-state index contributed by atoms with van der Waals surface area (Å²) in [4.78, 5) is 17.5. The third kappa shape index (κ3) is 2.63. The van der Waals surface area contributed by atoms with Crippen molar-refractivity contribution in [2.45, 2.75) is 13.5 Å². The summed E-state index contributed by atoms with van der Waals surface area (Å²) in [5.74, 6) is 0.807. The molecule has 0 spiro atoms. The average molecular weight is 316 g/mol. The molecule has 0 aliphatic carbocycles. The Bertz CT molecular complexity index is 837. The lowest BCUT2D eigenvalue weighted by molar-refractivity contribution is 0.274. The molecular formula is C16H16N2O3S. The number of thiophene rings is 1. The zero-order chi connectivity index (χ0) is 15.5. The molecule has 5 nitrogen and oxygen atoms in total. The molecule has 0 aliphatic rings. The fraction of sp³-hybridized carbons (Fsp3) is 0.250. The minimum Gasteiger partial charge on any atom is -0.494 e. The van der Waals surface area contributed by atoms with Gasteiger partial charge in [0.05, 0.1) is 31.5 Å². The Labute approximate surface area is 131 Å². The van der Waals surface area contributed by atoms with E-state index in [0.717, 1.165) is 16.9 Å². The van der Waals surface area contributed by atoms with Crippen molar-refractivity contribution in [3.8, 4) is 16.9 Å². The van der Waals surface area contributed by atoms with Crippen LogP contribution in [0.1, 0.15) is 6.92 Å². The molecule has 1 aromatic carbocycles. The van der Waals surface area contributed by atoms with Crippen molar-refractivity contribution in [1.82, 2.24) is 9.55 Å². The Morgan fingerprint density at radius 2 is 2.09 bits per heavy atom. The van der Waals surface area contributed by atoms with Crippen LogP contribution < -0.4 is 10.3 Å². The molecule has 2 aromatic heterocycles. The smallest absolute Gasteiger partial charge is 0.262 e. The summed E-state index contributed by atoms with van der Waals surface area (Å²) in [6, 6.07) is 7.67. The van der Waals surface area contributed by atoms with Gasteiger partial charge in [-0.15, -0.1) is 11.3 Å². The molecule has 3 aromatic rings. The highest BCUT2D eigenvalue weighted by Crippen LogP contribution is 2.31. The molecule has 0 atom stereocenters. The van der Waals surface area contributed by atoms with E-state index < -0.39 is 0 Å². The molecule has 0 aliphatic heterocycles. The lowest BCUT2D eigenvalue weighted by atomic mass is 10.1. The van der Waals surface area contributed by atoms with Gasteiger partial charge in [0.1, 0.15) is 10.6 Å². The maximum atomic E-state index is 12.5. The lowest BCUT2D eigenvalue weighted by Gasteiger charge is -2.06. The molecule has 0 unspecified atom stereocenters. The number of fused-ring (bicyclic) bond motifs is 1. The first-order valence-electron chi connectivity index (χ1n) is 7.05. The third-order valence-corrected chi connectivity index (χ3v) is 4.26. The summed E-state index contributed by atoms with van der Waals surface area (Å²) in [6.45, 7) is 2.72. The van der Waals surface area contributed by atoms with Gasteiger partial charge in [0.2, 0.25) is 0 Å². The standard InChI is InChI=1S/C16H16N2O3S/c1-2-21-12-5-3-11(4-6-12)13-9-22-15-14(13)16(20)18(7-8-19)10-17-15/h3-6,9-10,19H,2,7-8H2,1H3. The lowest BCUT2D eigenvalue weighted by Crippen LogP contribution is -2.21. The summed E-state index contributed by atoms with van der Waals surface area (Å²) in [6.07, 6.45) is 1.49. The second-order valence-corrected chi connectivity index (χ2v) is 5.61. The van der Waals surface area contributed by atoms with Crippen LogP contribution >= 0.6 is 11.3 Å². The van der Waals surface area contributed by atoms with Gasteiger partial charge in [-0.2, -0.15) is 0 Å². The number of benzene rings is 1. The van der Waals surface area contributed by atoms with E-state index in [1.54, 1.807) is 0 Å². The number of nitrogens with zero attached hydrogens (tertiary/aromatic N) is 2. The number of rotatable bonds is 5. The minimum absolute atomic E-state index is 0.0877. The maximum absolute atomic E-state index is 12.5. The molecule has 6 heteroatoms. The molecule has 0 bridgehead atoms. The fourth-order valence-electron chi connectivity index (χ4n) is 2.34. The van der Waals surface area contributed by atoms with Gasteiger partial charge in [-0.25, -0.2) is 4.98 Å². The predicted octanol–water partition coefficient (Wildman–Crippen LogP) is 2.52. The van der Waals surface area contributed by atoms with Crippen molar-refractivity contribution in [2.24, 2.45) is 0 Å². The molecule has 0 radical (unpaired) electrons. The molecule has 0 saturated heterocycles. The molecule has 114 valence electrons. The van der Waals surface area contributed by atoms with Crippen LogP contribution in [0.2, 0.25) is 0 Å². The highest BCUT2D eigenvalue weighted by Gasteiger charge is 2.13. The quantitative estimate of drug-likeness (QED) is 0.785. The largest absolute Gasteiger partial charge is 0.494 e. The normalized spacial score (nSPS) is 11.0. The minimum atomic E-state index is -0.121. The van der Waals surface area contributed by atoms with E-state index in [4.69, 9.17) is 9.84 Å². The van der Waals surface area contributed by atoms with Gasteiger partial charge < -0.3 is 9.84 Å². The van der Waals surface area contributed by atoms with E-state index in [2.05, 4.69) is 4.98 Å². The van der Waals surface area contributed by atoms with Crippen molar-refractivity contribution in [2.75, 3.05) is 13.2 Å². The average Bonchev–Trinajstić information content (AvgIpc) is 2.96. The van der Waals surface area contributed by atoms with E-state index in [0.29, 0.717) is 16.8 Å². The van der Waals surface area contributed by atoms with Gasteiger partial charge in [-0.3, -0.25) is 9.36 Å². The van der Waals surface area contributed by atoms with E-state index in [9.17, 15) is 4.79 Å². The second-order valence-electron chi connectivity index (χ2n) is 4.75. The third-order valence-electron chi connectivity index (χ3n) is 3.38. The van der Waals surface area contributed by atoms with Crippen LogP contribution in [0.5, 0.6) is 5.75 Å². The Morgan fingerprint density at radius 1 is 1.32 bits per heavy atom. The highest BCUT2D eigenvalue weighted by molar-refractivity contribution is 7.17. The van der Waals surface area contributed by atoms with Crippen LogP contribution in [0, 0.1) is 0 Å². The summed E-state index contributed by atoms with van der Waals surface area (Å²) in [7, 11) is 0. The van der Waals surface area contributed by atoms with Crippen molar-refractivity contribution in [3.63, 3.8) is 0 Å². The van der Waals surface area contributed by atoms with Crippen molar-refractivity contribution in [3.05, 3.63) is 46.3 Å². The number of hydrogen-bond acceptors (Lipinski definition) is 5. The maximum Gasteiger partial charge on any atom is 0.262 e. The summed E-state index contributed by atoms with van der Waals surface area (Å²) < 4.78 is 6.87. The van der Waals surface area contributed by atoms with Crippen molar-refractivity contribution < 1.29 is 9.84 Å². The van der Waals surface area contributed by atoms with E-state index in [1.807, 2.05) is 36.6 Å². The zero-order valence-electron chi connectivity index (χ0n) is 12.2. The van der Waals surface area contributed by atoms with Crippen molar-refractivity contribution >= 4 is 21.6 Å². The molecule has 0 amide bonds.